The summed E-state index contributed by atoms with van der Waals surface area (Å²) in [5, 5.41) is 0. The van der Waals surface area contributed by atoms with Gasteiger partial charge in [0.05, 0.1) is 0 Å². The predicted molar refractivity (Wildman–Crippen MR) is 63.3 cm³/mol. The quantitative estimate of drug-likeness (QED) is 0.454. The van der Waals surface area contributed by atoms with Crippen molar-refractivity contribution in [2.75, 3.05) is 11.5 Å². The van der Waals surface area contributed by atoms with Gasteiger partial charge in [0, 0.05) is 0 Å². The van der Waals surface area contributed by atoms with Crippen LogP contribution in [-0.4, -0.2) is 11.5 Å². The van der Waals surface area contributed by atoms with Gasteiger partial charge in [-0.15, -0.1) is 0 Å². The minimum Gasteiger partial charge on any atom is -0.162 e. The highest BCUT2D eigenvalue weighted by molar-refractivity contribution is 7.99. The van der Waals surface area contributed by atoms with E-state index in [9.17, 15) is 0 Å². The van der Waals surface area contributed by atoms with Crippen LogP contribution in [0.5, 0.6) is 0 Å². The van der Waals surface area contributed by atoms with E-state index < -0.39 is 0 Å². The lowest BCUT2D eigenvalue weighted by molar-refractivity contribution is 0.630. The lowest BCUT2D eigenvalue weighted by atomic mass is 10.1. The summed E-state index contributed by atoms with van der Waals surface area (Å²) in [7, 11) is 0. The van der Waals surface area contributed by atoms with Crippen LogP contribution in [0.4, 0.5) is 0 Å². The van der Waals surface area contributed by atoms with Gasteiger partial charge in [-0.25, -0.2) is 0 Å². The maximum atomic E-state index is 4.05. The molecule has 1 aliphatic rings. The zero-order chi connectivity index (χ0) is 9.52. The van der Waals surface area contributed by atoms with E-state index in [0.717, 1.165) is 5.92 Å². The average Bonchev–Trinajstić information content (AvgIpc) is 2.51. The molecule has 0 bridgehead atoms. The van der Waals surface area contributed by atoms with E-state index in [1.165, 1.54) is 55.6 Å². The van der Waals surface area contributed by atoms with Crippen LogP contribution >= 0.6 is 11.8 Å². The Balaban J connectivity index is 1.91. The average molecular weight is 198 g/mol. The van der Waals surface area contributed by atoms with E-state index in [2.05, 4.69) is 25.3 Å². The first kappa shape index (κ1) is 11.2. The van der Waals surface area contributed by atoms with Crippen LogP contribution in [-0.2, 0) is 0 Å². The molecule has 13 heavy (non-hydrogen) atoms. The van der Waals surface area contributed by atoms with E-state index in [-0.39, 0.29) is 0 Å². The van der Waals surface area contributed by atoms with Crippen molar-refractivity contribution in [3.8, 4) is 0 Å². The van der Waals surface area contributed by atoms with E-state index in [4.69, 9.17) is 0 Å². The second-order valence-corrected chi connectivity index (χ2v) is 5.29. The third kappa shape index (κ3) is 4.75. The van der Waals surface area contributed by atoms with E-state index in [1.54, 1.807) is 0 Å². The summed E-state index contributed by atoms with van der Waals surface area (Å²) >= 11 is 2.15. The van der Waals surface area contributed by atoms with Crippen molar-refractivity contribution >= 4 is 11.8 Å². The summed E-state index contributed by atoms with van der Waals surface area (Å²) < 4.78 is 0. The molecule has 0 heterocycles. The van der Waals surface area contributed by atoms with Crippen molar-refractivity contribution < 1.29 is 0 Å². The second-order valence-electron chi connectivity index (χ2n) is 4.14. The van der Waals surface area contributed by atoms with Crippen molar-refractivity contribution in [2.24, 2.45) is 5.92 Å². The number of hydrogen-bond acceptors (Lipinski definition) is 1. The Morgan fingerprint density at radius 2 is 2.31 bits per heavy atom. The van der Waals surface area contributed by atoms with E-state index >= 15 is 0 Å². The van der Waals surface area contributed by atoms with Crippen LogP contribution < -0.4 is 0 Å². The number of unbranched alkanes of at least 4 members (excludes halogenated alkanes) is 2. The van der Waals surface area contributed by atoms with Crippen LogP contribution in [0.15, 0.2) is 12.2 Å². The molecule has 0 spiro atoms. The highest BCUT2D eigenvalue weighted by atomic mass is 32.2. The molecule has 0 nitrogen and oxygen atoms in total. The normalized spacial score (nSPS) is 22.5. The van der Waals surface area contributed by atoms with Gasteiger partial charge in [-0.1, -0.05) is 31.9 Å². The van der Waals surface area contributed by atoms with Gasteiger partial charge in [0.15, 0.2) is 0 Å². The maximum Gasteiger partial charge on any atom is -0.00360 e. The van der Waals surface area contributed by atoms with Crippen molar-refractivity contribution in [3.63, 3.8) is 0 Å². The molecule has 1 heteroatoms. The molecule has 1 saturated carbocycles. The molecular formula is C12H22S. The first-order valence-electron chi connectivity index (χ1n) is 5.57. The topological polar surface area (TPSA) is 0 Å². The van der Waals surface area contributed by atoms with Crippen LogP contribution in [0.3, 0.4) is 0 Å². The van der Waals surface area contributed by atoms with Crippen LogP contribution in [0.1, 0.15) is 45.4 Å². The molecule has 0 aromatic rings. The van der Waals surface area contributed by atoms with Crippen molar-refractivity contribution in [3.05, 3.63) is 12.2 Å². The number of hydrogen-bond donors (Lipinski definition) is 0. The SMILES string of the molecule is C=C1CC[C@@H](CSCCCCC)C1. The van der Waals surface area contributed by atoms with Gasteiger partial charge in [0.25, 0.3) is 0 Å². The summed E-state index contributed by atoms with van der Waals surface area (Å²) in [6.07, 6.45) is 8.17. The van der Waals surface area contributed by atoms with Gasteiger partial charge in [-0.3, -0.25) is 0 Å². The Morgan fingerprint density at radius 1 is 1.46 bits per heavy atom. The predicted octanol–water partition coefficient (Wildman–Crippen LogP) is 4.27. The Morgan fingerprint density at radius 3 is 2.92 bits per heavy atom. The third-order valence-electron chi connectivity index (χ3n) is 2.73. The van der Waals surface area contributed by atoms with Gasteiger partial charge < -0.3 is 0 Å². The van der Waals surface area contributed by atoms with Crippen molar-refractivity contribution in [1.82, 2.24) is 0 Å². The fourth-order valence-electron chi connectivity index (χ4n) is 1.87. The molecule has 1 rings (SSSR count). The Hall–Kier alpha value is 0.0900. The first-order valence-corrected chi connectivity index (χ1v) is 6.72. The first-order chi connectivity index (χ1) is 6.33. The van der Waals surface area contributed by atoms with Gasteiger partial charge in [-0.2, -0.15) is 11.8 Å². The van der Waals surface area contributed by atoms with E-state index in [1.807, 2.05) is 0 Å². The Labute approximate surface area is 87.2 Å². The van der Waals surface area contributed by atoms with Crippen molar-refractivity contribution in [2.45, 2.75) is 45.4 Å². The smallest absolute Gasteiger partial charge is 0.00360 e. The van der Waals surface area contributed by atoms with Gasteiger partial charge in [-0.05, 0) is 43.1 Å². The fraction of sp³-hybridized carbons (Fsp3) is 0.833. The maximum absolute atomic E-state index is 4.05. The summed E-state index contributed by atoms with van der Waals surface area (Å²) in [5.41, 5.74) is 1.49. The fourth-order valence-corrected chi connectivity index (χ4v) is 3.06. The summed E-state index contributed by atoms with van der Waals surface area (Å²) in [6.45, 7) is 6.32. The zero-order valence-corrected chi connectivity index (χ0v) is 9.67. The Bertz CT molecular complexity index is 151. The molecule has 0 amide bonds. The molecule has 0 aromatic carbocycles. The Kier molecular flexibility index (Phi) is 5.61. The molecule has 1 aliphatic carbocycles. The van der Waals surface area contributed by atoms with Crippen LogP contribution in [0, 0.1) is 5.92 Å². The number of rotatable bonds is 6. The second kappa shape index (κ2) is 6.53. The lowest BCUT2D eigenvalue weighted by Crippen LogP contribution is -1.97. The standard InChI is InChI=1S/C12H22S/c1-3-4-5-8-13-10-12-7-6-11(2)9-12/h12H,2-10H2,1H3/t12-/m1/s1. The van der Waals surface area contributed by atoms with Crippen LogP contribution in [0.2, 0.25) is 0 Å². The number of allylic oxidation sites excluding steroid dienone is 1. The van der Waals surface area contributed by atoms with Crippen molar-refractivity contribution in [1.29, 1.82) is 0 Å². The molecule has 0 unspecified atom stereocenters. The van der Waals surface area contributed by atoms with Crippen LogP contribution in [0.25, 0.3) is 0 Å². The molecule has 0 aliphatic heterocycles. The molecule has 0 aromatic heterocycles. The molecular weight excluding hydrogens is 176 g/mol. The molecule has 1 atom stereocenters. The highest BCUT2D eigenvalue weighted by Gasteiger charge is 2.17. The minimum absolute atomic E-state index is 0.958. The minimum atomic E-state index is 0.958. The highest BCUT2D eigenvalue weighted by Crippen LogP contribution is 2.31. The zero-order valence-electron chi connectivity index (χ0n) is 8.85. The number of thioether (sulfide) groups is 1. The monoisotopic (exact) mass is 198 g/mol. The molecule has 76 valence electrons. The van der Waals surface area contributed by atoms with Gasteiger partial charge in [0.2, 0.25) is 0 Å². The summed E-state index contributed by atoms with van der Waals surface area (Å²) in [6, 6.07) is 0. The summed E-state index contributed by atoms with van der Waals surface area (Å²) in [5.74, 6) is 3.71. The molecule has 0 saturated heterocycles. The third-order valence-corrected chi connectivity index (χ3v) is 4.01. The molecule has 0 N–H and O–H groups in total. The lowest BCUT2D eigenvalue weighted by Gasteiger charge is -2.07. The van der Waals surface area contributed by atoms with Gasteiger partial charge >= 0.3 is 0 Å². The largest absolute Gasteiger partial charge is 0.162 e. The van der Waals surface area contributed by atoms with E-state index in [0.29, 0.717) is 0 Å². The molecule has 0 radical (unpaired) electrons. The summed E-state index contributed by atoms with van der Waals surface area (Å²) in [4.78, 5) is 0. The van der Waals surface area contributed by atoms with Gasteiger partial charge in [0.1, 0.15) is 0 Å². The molecule has 1 fully saturated rings.